The van der Waals surface area contributed by atoms with E-state index in [2.05, 4.69) is 31.5 Å². The normalized spacial score (nSPS) is 15.3. The van der Waals surface area contributed by atoms with Gasteiger partial charge < -0.3 is 5.11 Å². The van der Waals surface area contributed by atoms with Crippen LogP contribution in [0.15, 0.2) is 11.0 Å². The molecule has 1 aromatic heterocycles. The standard InChI is InChI=1S/C13H17NO2S/c1-7(2)5-10-9(8-3-4-8)6-11(17)12(14-10)13(15)16/h6-8,17H,3-5H2,1-2H3,(H,15,16). The van der Waals surface area contributed by atoms with Gasteiger partial charge in [0.15, 0.2) is 5.69 Å². The minimum Gasteiger partial charge on any atom is -0.476 e. The SMILES string of the molecule is CC(C)Cc1nc(C(=O)O)c(S)cc1C1CC1. The molecule has 1 heterocycles. The van der Waals surface area contributed by atoms with E-state index in [1.165, 1.54) is 18.4 Å². The molecule has 17 heavy (non-hydrogen) atoms. The Balaban J connectivity index is 2.44. The van der Waals surface area contributed by atoms with E-state index in [-0.39, 0.29) is 5.69 Å². The maximum atomic E-state index is 11.0. The summed E-state index contributed by atoms with van der Waals surface area (Å²) in [5.74, 6) is 0.0553. The van der Waals surface area contributed by atoms with Crippen LogP contribution in [0.2, 0.25) is 0 Å². The third kappa shape index (κ3) is 2.80. The first kappa shape index (κ1) is 12.4. The Bertz CT molecular complexity index is 453. The van der Waals surface area contributed by atoms with Gasteiger partial charge in [-0.3, -0.25) is 0 Å². The van der Waals surface area contributed by atoms with Crippen molar-refractivity contribution in [1.29, 1.82) is 0 Å². The summed E-state index contributed by atoms with van der Waals surface area (Å²) < 4.78 is 0. The lowest BCUT2D eigenvalue weighted by atomic mass is 10.00. The van der Waals surface area contributed by atoms with Gasteiger partial charge in [0.1, 0.15) is 0 Å². The topological polar surface area (TPSA) is 50.2 Å². The van der Waals surface area contributed by atoms with E-state index in [1.54, 1.807) is 0 Å². The molecular formula is C13H17NO2S. The van der Waals surface area contributed by atoms with Gasteiger partial charge in [-0.2, -0.15) is 0 Å². The molecule has 0 radical (unpaired) electrons. The second-order valence-corrected chi connectivity index (χ2v) is 5.55. The van der Waals surface area contributed by atoms with Crippen LogP contribution in [0.4, 0.5) is 0 Å². The van der Waals surface area contributed by atoms with Crippen LogP contribution >= 0.6 is 12.6 Å². The van der Waals surface area contributed by atoms with Crippen molar-refractivity contribution in [1.82, 2.24) is 4.98 Å². The molecule has 0 atom stereocenters. The summed E-state index contributed by atoms with van der Waals surface area (Å²) in [4.78, 5) is 15.8. The Kier molecular flexibility index (Phi) is 3.43. The van der Waals surface area contributed by atoms with E-state index in [9.17, 15) is 4.79 Å². The van der Waals surface area contributed by atoms with Crippen LogP contribution in [0.3, 0.4) is 0 Å². The Morgan fingerprint density at radius 3 is 2.71 bits per heavy atom. The first-order chi connectivity index (χ1) is 7.99. The molecular weight excluding hydrogens is 234 g/mol. The summed E-state index contributed by atoms with van der Waals surface area (Å²) in [6.07, 6.45) is 3.21. The molecule has 0 spiro atoms. The summed E-state index contributed by atoms with van der Waals surface area (Å²) in [5, 5.41) is 9.06. The second-order valence-electron chi connectivity index (χ2n) is 5.07. The van der Waals surface area contributed by atoms with Crippen LogP contribution in [0.25, 0.3) is 0 Å². The number of carboxylic acids is 1. The van der Waals surface area contributed by atoms with E-state index >= 15 is 0 Å². The number of rotatable bonds is 4. The van der Waals surface area contributed by atoms with Crippen LogP contribution in [-0.2, 0) is 6.42 Å². The largest absolute Gasteiger partial charge is 0.476 e. The number of carboxylic acid groups (broad SMARTS) is 1. The Hall–Kier alpha value is -1.03. The van der Waals surface area contributed by atoms with E-state index in [4.69, 9.17) is 5.11 Å². The van der Waals surface area contributed by atoms with Crippen molar-refractivity contribution < 1.29 is 9.90 Å². The zero-order valence-corrected chi connectivity index (χ0v) is 11.0. The van der Waals surface area contributed by atoms with Crippen LogP contribution in [-0.4, -0.2) is 16.1 Å². The first-order valence-corrected chi connectivity index (χ1v) is 6.39. The van der Waals surface area contributed by atoms with Gasteiger partial charge in [0.25, 0.3) is 0 Å². The third-order valence-corrected chi connectivity index (χ3v) is 3.28. The predicted molar refractivity (Wildman–Crippen MR) is 69.0 cm³/mol. The summed E-state index contributed by atoms with van der Waals surface area (Å²) in [7, 11) is 0. The summed E-state index contributed by atoms with van der Waals surface area (Å²) in [5.41, 5.74) is 2.22. The lowest BCUT2D eigenvalue weighted by Crippen LogP contribution is -2.09. The summed E-state index contributed by atoms with van der Waals surface area (Å²) in [6.45, 7) is 4.24. The van der Waals surface area contributed by atoms with Crippen LogP contribution in [0, 0.1) is 5.92 Å². The number of hydrogen-bond donors (Lipinski definition) is 2. The van der Waals surface area contributed by atoms with Gasteiger partial charge in [-0.25, -0.2) is 9.78 Å². The zero-order valence-electron chi connectivity index (χ0n) is 10.1. The Morgan fingerprint density at radius 1 is 1.59 bits per heavy atom. The number of pyridine rings is 1. The fourth-order valence-corrected chi connectivity index (χ4v) is 2.30. The van der Waals surface area contributed by atoms with Crippen molar-refractivity contribution in [3.8, 4) is 0 Å². The van der Waals surface area contributed by atoms with Crippen molar-refractivity contribution in [2.45, 2.75) is 43.9 Å². The molecule has 0 saturated heterocycles. The number of carbonyl (C=O) groups is 1. The molecule has 0 aromatic carbocycles. The van der Waals surface area contributed by atoms with Gasteiger partial charge in [0, 0.05) is 10.6 Å². The van der Waals surface area contributed by atoms with E-state index in [1.807, 2.05) is 6.07 Å². The second kappa shape index (κ2) is 4.69. The average molecular weight is 251 g/mol. The minimum atomic E-state index is -0.998. The molecule has 0 amide bonds. The van der Waals surface area contributed by atoms with Crippen molar-refractivity contribution in [3.05, 3.63) is 23.0 Å². The Morgan fingerprint density at radius 2 is 2.24 bits per heavy atom. The van der Waals surface area contributed by atoms with E-state index < -0.39 is 5.97 Å². The monoisotopic (exact) mass is 251 g/mol. The van der Waals surface area contributed by atoms with Gasteiger partial charge in [0.2, 0.25) is 0 Å². The lowest BCUT2D eigenvalue weighted by Gasteiger charge is -2.12. The molecule has 3 nitrogen and oxygen atoms in total. The van der Waals surface area contributed by atoms with Crippen LogP contribution < -0.4 is 0 Å². The molecule has 1 N–H and O–H groups in total. The zero-order chi connectivity index (χ0) is 12.6. The highest BCUT2D eigenvalue weighted by Gasteiger charge is 2.28. The minimum absolute atomic E-state index is 0.0772. The summed E-state index contributed by atoms with van der Waals surface area (Å²) in [6, 6.07) is 1.90. The van der Waals surface area contributed by atoms with Gasteiger partial charge in [-0.15, -0.1) is 12.6 Å². The van der Waals surface area contributed by atoms with Crippen LogP contribution in [0.1, 0.15) is 54.4 Å². The van der Waals surface area contributed by atoms with Crippen LogP contribution in [0.5, 0.6) is 0 Å². The lowest BCUT2D eigenvalue weighted by molar-refractivity contribution is 0.0686. The molecule has 0 unspecified atom stereocenters. The fraction of sp³-hybridized carbons (Fsp3) is 0.538. The van der Waals surface area contributed by atoms with Crippen molar-refractivity contribution >= 4 is 18.6 Å². The number of aromatic carboxylic acids is 1. The number of nitrogens with zero attached hydrogens (tertiary/aromatic N) is 1. The van der Waals surface area contributed by atoms with Gasteiger partial charge >= 0.3 is 5.97 Å². The smallest absolute Gasteiger partial charge is 0.355 e. The third-order valence-electron chi connectivity index (χ3n) is 2.94. The number of thiol groups is 1. The molecule has 1 aromatic rings. The molecule has 1 fully saturated rings. The number of hydrogen-bond acceptors (Lipinski definition) is 3. The molecule has 1 aliphatic carbocycles. The highest BCUT2D eigenvalue weighted by Crippen LogP contribution is 2.42. The molecule has 92 valence electrons. The maximum Gasteiger partial charge on any atom is 0.355 e. The van der Waals surface area contributed by atoms with Crippen molar-refractivity contribution in [3.63, 3.8) is 0 Å². The van der Waals surface area contributed by atoms with E-state index in [0.29, 0.717) is 16.7 Å². The van der Waals surface area contributed by atoms with Gasteiger partial charge in [-0.1, -0.05) is 13.8 Å². The number of aromatic nitrogens is 1. The van der Waals surface area contributed by atoms with Gasteiger partial charge in [-0.05, 0) is 42.7 Å². The molecule has 0 bridgehead atoms. The van der Waals surface area contributed by atoms with Gasteiger partial charge in [0.05, 0.1) is 0 Å². The summed E-state index contributed by atoms with van der Waals surface area (Å²) >= 11 is 4.22. The maximum absolute atomic E-state index is 11.0. The quantitative estimate of drug-likeness (QED) is 0.808. The molecule has 2 rings (SSSR count). The first-order valence-electron chi connectivity index (χ1n) is 5.95. The van der Waals surface area contributed by atoms with Crippen molar-refractivity contribution in [2.24, 2.45) is 5.92 Å². The molecule has 0 aliphatic heterocycles. The van der Waals surface area contributed by atoms with E-state index in [0.717, 1.165) is 12.1 Å². The highest BCUT2D eigenvalue weighted by molar-refractivity contribution is 7.80. The fourth-order valence-electron chi connectivity index (χ4n) is 2.01. The van der Waals surface area contributed by atoms with Crippen molar-refractivity contribution in [2.75, 3.05) is 0 Å². The highest BCUT2D eigenvalue weighted by atomic mass is 32.1. The Labute approximate surface area is 107 Å². The molecule has 1 aliphatic rings. The molecule has 1 saturated carbocycles. The predicted octanol–water partition coefficient (Wildman–Crippen LogP) is 3.14. The average Bonchev–Trinajstić information content (AvgIpc) is 3.02. The molecule has 4 heteroatoms.